The first kappa shape index (κ1) is 15.6. The fourth-order valence-corrected chi connectivity index (χ4v) is 3.73. The van der Waals surface area contributed by atoms with Crippen molar-refractivity contribution in [3.05, 3.63) is 46.2 Å². The Hall–Kier alpha value is -1.33. The molecule has 0 aromatic heterocycles. The van der Waals surface area contributed by atoms with Crippen LogP contribution >= 0.6 is 15.9 Å². The van der Waals surface area contributed by atoms with Gasteiger partial charge in [0.1, 0.15) is 5.76 Å². The molecule has 4 unspecified atom stereocenters. The van der Waals surface area contributed by atoms with Crippen molar-refractivity contribution in [3.63, 3.8) is 0 Å². The molecule has 3 rings (SSSR count). The summed E-state index contributed by atoms with van der Waals surface area (Å²) in [5.74, 6) is 1.05. The fourth-order valence-electron chi connectivity index (χ4n) is 3.39. The van der Waals surface area contributed by atoms with Gasteiger partial charge in [0.15, 0.2) is 0 Å². The van der Waals surface area contributed by atoms with Gasteiger partial charge in [-0.15, -0.1) is 0 Å². The Bertz CT molecular complexity index is 604. The van der Waals surface area contributed by atoms with Crippen LogP contribution in [0.3, 0.4) is 0 Å². The van der Waals surface area contributed by atoms with E-state index in [1.807, 2.05) is 12.2 Å². The third-order valence-corrected chi connectivity index (χ3v) is 5.21. The van der Waals surface area contributed by atoms with Crippen LogP contribution in [-0.4, -0.2) is 30.1 Å². The average molecular weight is 365 g/mol. The van der Waals surface area contributed by atoms with E-state index < -0.39 is 0 Å². The van der Waals surface area contributed by atoms with E-state index in [9.17, 15) is 5.11 Å². The lowest BCUT2D eigenvalue weighted by molar-refractivity contribution is 0.126. The second-order valence-corrected chi connectivity index (χ2v) is 6.89. The summed E-state index contributed by atoms with van der Waals surface area (Å²) in [7, 11) is 1.66. The van der Waals surface area contributed by atoms with Gasteiger partial charge < -0.3 is 15.3 Å². The Kier molecular flexibility index (Phi) is 4.54. The molecule has 0 saturated carbocycles. The SMILES string of the molecule is COC1C=CC(C2NN=C(C)C2C2C=CC(Br)=CC2)=C(O)C1. The number of allylic oxidation sites excluding steroid dienone is 4. The highest BCUT2D eigenvalue weighted by Gasteiger charge is 2.38. The number of aliphatic hydroxyl groups excluding tert-OH is 1. The Balaban J connectivity index is 1.82. The van der Waals surface area contributed by atoms with Crippen molar-refractivity contribution in [2.24, 2.45) is 16.9 Å². The highest BCUT2D eigenvalue weighted by Crippen LogP contribution is 2.36. The summed E-state index contributed by atoms with van der Waals surface area (Å²) >= 11 is 3.51. The van der Waals surface area contributed by atoms with E-state index in [4.69, 9.17) is 4.74 Å². The van der Waals surface area contributed by atoms with Crippen LogP contribution in [0.1, 0.15) is 19.8 Å². The maximum atomic E-state index is 10.4. The molecule has 0 aromatic carbocycles. The van der Waals surface area contributed by atoms with Gasteiger partial charge in [0.2, 0.25) is 0 Å². The van der Waals surface area contributed by atoms with Crippen molar-refractivity contribution in [1.29, 1.82) is 0 Å². The number of hydrogen-bond acceptors (Lipinski definition) is 4. The Labute approximate surface area is 139 Å². The Morgan fingerprint density at radius 2 is 2.18 bits per heavy atom. The van der Waals surface area contributed by atoms with Crippen molar-refractivity contribution < 1.29 is 9.84 Å². The molecule has 0 fully saturated rings. The summed E-state index contributed by atoms with van der Waals surface area (Å²) in [4.78, 5) is 0. The molecule has 0 bridgehead atoms. The van der Waals surface area contributed by atoms with Gasteiger partial charge in [-0.25, -0.2) is 0 Å². The van der Waals surface area contributed by atoms with Crippen LogP contribution in [0.4, 0.5) is 0 Å². The monoisotopic (exact) mass is 364 g/mol. The zero-order valence-corrected chi connectivity index (χ0v) is 14.4. The molecule has 0 amide bonds. The molecule has 0 spiro atoms. The van der Waals surface area contributed by atoms with E-state index in [1.165, 1.54) is 0 Å². The predicted molar refractivity (Wildman–Crippen MR) is 92.0 cm³/mol. The largest absolute Gasteiger partial charge is 0.512 e. The van der Waals surface area contributed by atoms with Crippen LogP contribution in [0, 0.1) is 11.8 Å². The maximum Gasteiger partial charge on any atom is 0.100 e. The molecule has 4 nitrogen and oxygen atoms in total. The molecule has 3 aliphatic rings. The van der Waals surface area contributed by atoms with E-state index in [0.717, 1.165) is 22.2 Å². The number of methoxy groups -OCH3 is 1. The molecule has 1 heterocycles. The highest BCUT2D eigenvalue weighted by molar-refractivity contribution is 9.11. The van der Waals surface area contributed by atoms with Crippen molar-refractivity contribution in [2.45, 2.75) is 31.9 Å². The van der Waals surface area contributed by atoms with Crippen LogP contribution in [-0.2, 0) is 4.74 Å². The minimum atomic E-state index is -0.0425. The fraction of sp³-hybridized carbons (Fsp3) is 0.471. The number of nitrogens with zero attached hydrogens (tertiary/aromatic N) is 1. The quantitative estimate of drug-likeness (QED) is 0.804. The Morgan fingerprint density at radius 3 is 2.82 bits per heavy atom. The molecule has 0 aromatic rings. The molecule has 2 N–H and O–H groups in total. The number of aliphatic hydroxyl groups is 1. The maximum absolute atomic E-state index is 10.4. The number of hydrazone groups is 1. The molecule has 0 saturated heterocycles. The van der Waals surface area contributed by atoms with Crippen LogP contribution in [0.2, 0.25) is 0 Å². The van der Waals surface area contributed by atoms with E-state index in [-0.39, 0.29) is 18.1 Å². The van der Waals surface area contributed by atoms with Crippen molar-refractivity contribution in [3.8, 4) is 0 Å². The minimum absolute atomic E-state index is 0.0222. The summed E-state index contributed by atoms with van der Waals surface area (Å²) in [6.45, 7) is 2.06. The van der Waals surface area contributed by atoms with E-state index in [1.54, 1.807) is 7.11 Å². The van der Waals surface area contributed by atoms with Gasteiger partial charge in [0, 0.05) is 35.2 Å². The number of halogens is 1. The van der Waals surface area contributed by atoms with Crippen LogP contribution in [0.25, 0.3) is 0 Å². The first-order chi connectivity index (χ1) is 10.6. The van der Waals surface area contributed by atoms with Crippen molar-refractivity contribution in [2.75, 3.05) is 7.11 Å². The van der Waals surface area contributed by atoms with E-state index >= 15 is 0 Å². The molecular weight excluding hydrogens is 344 g/mol. The average Bonchev–Trinajstić information content (AvgIpc) is 2.89. The first-order valence-electron chi connectivity index (χ1n) is 7.56. The van der Waals surface area contributed by atoms with Gasteiger partial charge in [-0.1, -0.05) is 46.3 Å². The van der Waals surface area contributed by atoms with Crippen LogP contribution < -0.4 is 5.43 Å². The number of rotatable bonds is 3. The summed E-state index contributed by atoms with van der Waals surface area (Å²) < 4.78 is 6.42. The van der Waals surface area contributed by atoms with Gasteiger partial charge >= 0.3 is 0 Å². The zero-order valence-electron chi connectivity index (χ0n) is 12.8. The van der Waals surface area contributed by atoms with Gasteiger partial charge in [-0.3, -0.25) is 0 Å². The van der Waals surface area contributed by atoms with Gasteiger partial charge in [0.05, 0.1) is 12.1 Å². The molecule has 4 atom stereocenters. The standard InChI is InChI=1S/C17H21BrN2O2/c1-10-16(11-3-5-12(18)6-4-11)17(20-19-10)14-8-7-13(22-2)9-15(14)21/h3,5-8,11,13,16-17,20-21H,4,9H2,1-2H3. The number of ether oxygens (including phenoxy) is 1. The number of nitrogens with one attached hydrogen (secondary N) is 1. The van der Waals surface area contributed by atoms with Gasteiger partial charge in [-0.2, -0.15) is 5.10 Å². The normalized spacial score (nSPS) is 34.5. The topological polar surface area (TPSA) is 53.8 Å². The molecule has 2 aliphatic carbocycles. The lowest BCUT2D eigenvalue weighted by atomic mass is 9.76. The van der Waals surface area contributed by atoms with Crippen molar-refractivity contribution in [1.82, 2.24) is 5.43 Å². The Morgan fingerprint density at radius 1 is 1.36 bits per heavy atom. The third kappa shape index (κ3) is 2.92. The van der Waals surface area contributed by atoms with Crippen LogP contribution in [0.15, 0.2) is 51.3 Å². The van der Waals surface area contributed by atoms with Gasteiger partial charge in [0.25, 0.3) is 0 Å². The minimum Gasteiger partial charge on any atom is -0.512 e. The summed E-state index contributed by atoms with van der Waals surface area (Å²) in [5, 5.41) is 14.8. The number of hydrogen-bond donors (Lipinski definition) is 2. The van der Waals surface area contributed by atoms with Gasteiger partial charge in [-0.05, 0) is 19.3 Å². The first-order valence-corrected chi connectivity index (χ1v) is 8.36. The molecule has 5 heteroatoms. The third-order valence-electron chi connectivity index (χ3n) is 4.63. The molecule has 118 valence electrons. The predicted octanol–water partition coefficient (Wildman–Crippen LogP) is 3.59. The molecule has 1 aliphatic heterocycles. The summed E-state index contributed by atoms with van der Waals surface area (Å²) in [5.41, 5.74) is 5.23. The zero-order chi connectivity index (χ0) is 15.7. The lowest BCUT2D eigenvalue weighted by Crippen LogP contribution is -2.37. The molecule has 22 heavy (non-hydrogen) atoms. The van der Waals surface area contributed by atoms with E-state index in [2.05, 4.69) is 51.6 Å². The lowest BCUT2D eigenvalue weighted by Gasteiger charge is -2.30. The van der Waals surface area contributed by atoms with Crippen molar-refractivity contribution >= 4 is 21.6 Å². The second-order valence-electron chi connectivity index (χ2n) is 5.97. The molecular formula is C17H21BrN2O2. The summed E-state index contributed by atoms with van der Waals surface area (Å²) in [6.07, 6.45) is 12.0. The second kappa shape index (κ2) is 6.42. The highest BCUT2D eigenvalue weighted by atomic mass is 79.9. The smallest absolute Gasteiger partial charge is 0.100 e. The van der Waals surface area contributed by atoms with E-state index in [0.29, 0.717) is 18.1 Å². The molecule has 0 radical (unpaired) electrons. The summed E-state index contributed by atoms with van der Waals surface area (Å²) in [6, 6.07) is 0.0222. The van der Waals surface area contributed by atoms with Crippen LogP contribution in [0.5, 0.6) is 0 Å².